The Kier molecular flexibility index (Phi) is 5.22. The number of thiazole rings is 1. The molecule has 178 valence electrons. The van der Waals surface area contributed by atoms with Gasteiger partial charge in [0.1, 0.15) is 0 Å². The molecule has 3 aliphatic rings. The first-order valence-corrected chi connectivity index (χ1v) is 12.3. The summed E-state index contributed by atoms with van der Waals surface area (Å²) >= 11 is 1.44. The van der Waals surface area contributed by atoms with Gasteiger partial charge in [-0.1, -0.05) is 24.3 Å². The van der Waals surface area contributed by atoms with E-state index in [0.29, 0.717) is 5.56 Å². The van der Waals surface area contributed by atoms with E-state index in [1.807, 2.05) is 18.2 Å². The van der Waals surface area contributed by atoms with Gasteiger partial charge in [-0.2, -0.15) is 13.2 Å². The van der Waals surface area contributed by atoms with Gasteiger partial charge < -0.3 is 14.8 Å². The van der Waals surface area contributed by atoms with Crippen molar-refractivity contribution in [3.8, 4) is 11.5 Å². The lowest BCUT2D eigenvalue weighted by molar-refractivity contribution is -0.138. The van der Waals surface area contributed by atoms with Crippen LogP contribution in [0.5, 0.6) is 11.5 Å². The van der Waals surface area contributed by atoms with E-state index in [0.717, 1.165) is 65.8 Å². The van der Waals surface area contributed by atoms with Gasteiger partial charge in [0.2, 0.25) is 6.79 Å². The van der Waals surface area contributed by atoms with Crippen molar-refractivity contribution in [3.05, 3.63) is 70.2 Å². The predicted molar refractivity (Wildman–Crippen MR) is 123 cm³/mol. The first-order valence-electron chi connectivity index (χ1n) is 11.5. The molecule has 1 atom stereocenters. The van der Waals surface area contributed by atoms with Gasteiger partial charge in [-0.25, -0.2) is 4.98 Å². The van der Waals surface area contributed by atoms with E-state index in [1.54, 1.807) is 18.3 Å². The number of fused-ring (bicyclic) bond motifs is 1. The molecular formula is C25H24F3N3O2S. The molecule has 34 heavy (non-hydrogen) atoms. The zero-order valence-electron chi connectivity index (χ0n) is 18.4. The fraction of sp³-hybridized carbons (Fsp3) is 0.400. The highest BCUT2D eigenvalue weighted by Gasteiger charge is 2.46. The van der Waals surface area contributed by atoms with Crippen LogP contribution in [0.2, 0.25) is 0 Å². The average molecular weight is 488 g/mol. The highest BCUT2D eigenvalue weighted by molar-refractivity contribution is 7.15. The molecule has 0 amide bonds. The van der Waals surface area contributed by atoms with E-state index in [2.05, 4.69) is 15.2 Å². The number of halogens is 3. The first kappa shape index (κ1) is 21.7. The number of hydrogen-bond acceptors (Lipinski definition) is 6. The third-order valence-corrected chi connectivity index (χ3v) is 7.85. The first-order chi connectivity index (χ1) is 16.4. The summed E-state index contributed by atoms with van der Waals surface area (Å²) in [4.78, 5) is 7.56. The van der Waals surface area contributed by atoms with Crippen LogP contribution in [-0.4, -0.2) is 29.8 Å². The van der Waals surface area contributed by atoms with Crippen molar-refractivity contribution >= 4 is 16.5 Å². The van der Waals surface area contributed by atoms with Gasteiger partial charge in [0.25, 0.3) is 0 Å². The normalized spacial score (nSPS) is 19.9. The lowest BCUT2D eigenvalue weighted by Gasteiger charge is -2.29. The average Bonchev–Trinajstić information content (AvgIpc) is 3.24. The Balaban J connectivity index is 1.31. The van der Waals surface area contributed by atoms with Crippen molar-refractivity contribution in [1.82, 2.24) is 9.88 Å². The smallest absolute Gasteiger partial charge is 0.416 e. The second-order valence-electron chi connectivity index (χ2n) is 9.07. The standard InChI is InChI=1S/C25H24F3N3O2S/c26-25(27,28)18-6-2-1-5-17(18)22(31-11-3-4-12-31)21-14-29-23(34-21)30-24(9-10-24)16-7-8-19-20(13-16)33-15-32-19/h1-2,5-8,13-14,22H,3-4,9-12,15H2,(H,29,30). The lowest BCUT2D eigenvalue weighted by Crippen LogP contribution is -2.28. The zero-order chi connectivity index (χ0) is 23.3. The maximum absolute atomic E-state index is 13.9. The second-order valence-corrected chi connectivity index (χ2v) is 10.1. The van der Waals surface area contributed by atoms with Gasteiger partial charge in [0, 0.05) is 11.1 Å². The second kappa shape index (κ2) is 8.16. The van der Waals surface area contributed by atoms with Crippen LogP contribution in [0.25, 0.3) is 0 Å². The van der Waals surface area contributed by atoms with Crippen molar-refractivity contribution < 1.29 is 22.6 Å². The number of aromatic nitrogens is 1. The summed E-state index contributed by atoms with van der Waals surface area (Å²) in [7, 11) is 0. The fourth-order valence-corrected chi connectivity index (χ4v) is 6.07. The third kappa shape index (κ3) is 3.90. The van der Waals surface area contributed by atoms with Crippen molar-refractivity contribution in [1.29, 1.82) is 0 Å². The summed E-state index contributed by atoms with van der Waals surface area (Å²) in [6.45, 7) is 1.78. The fourth-order valence-electron chi connectivity index (χ4n) is 5.00. The summed E-state index contributed by atoms with van der Waals surface area (Å²) in [5.41, 5.74) is 0.591. The number of hydrogen-bond donors (Lipinski definition) is 1. The summed E-state index contributed by atoms with van der Waals surface area (Å²) in [6.07, 6.45) is 1.21. The molecule has 1 aliphatic carbocycles. The molecular weight excluding hydrogens is 463 g/mol. The monoisotopic (exact) mass is 487 g/mol. The molecule has 2 fully saturated rings. The highest BCUT2D eigenvalue weighted by Crippen LogP contribution is 2.51. The minimum absolute atomic E-state index is 0.229. The molecule has 2 aromatic carbocycles. The number of likely N-dealkylation sites (tertiary alicyclic amines) is 1. The maximum atomic E-state index is 13.9. The van der Waals surface area contributed by atoms with Crippen LogP contribution in [0.1, 0.15) is 53.3 Å². The Bertz CT molecular complexity index is 1200. The van der Waals surface area contributed by atoms with E-state index in [1.165, 1.54) is 23.5 Å². The Hall–Kier alpha value is -2.78. The maximum Gasteiger partial charge on any atom is 0.416 e. The van der Waals surface area contributed by atoms with E-state index < -0.39 is 17.8 Å². The molecule has 1 aromatic heterocycles. The van der Waals surface area contributed by atoms with E-state index in [-0.39, 0.29) is 12.3 Å². The molecule has 6 rings (SSSR count). The van der Waals surface area contributed by atoms with Crippen molar-refractivity contribution in [2.24, 2.45) is 0 Å². The summed E-state index contributed by atoms with van der Waals surface area (Å²) in [6, 6.07) is 11.4. The van der Waals surface area contributed by atoms with Gasteiger partial charge in [-0.3, -0.25) is 4.90 Å². The molecule has 9 heteroatoms. The van der Waals surface area contributed by atoms with Crippen LogP contribution in [0.4, 0.5) is 18.3 Å². The van der Waals surface area contributed by atoms with Gasteiger partial charge >= 0.3 is 6.18 Å². The zero-order valence-corrected chi connectivity index (χ0v) is 19.2. The number of anilines is 1. The van der Waals surface area contributed by atoms with Crippen molar-refractivity contribution in [3.63, 3.8) is 0 Å². The topological polar surface area (TPSA) is 46.6 Å². The molecule has 3 heterocycles. The van der Waals surface area contributed by atoms with Gasteiger partial charge in [0.15, 0.2) is 16.6 Å². The molecule has 1 unspecified atom stereocenters. The van der Waals surface area contributed by atoms with Crippen LogP contribution < -0.4 is 14.8 Å². The van der Waals surface area contributed by atoms with Crippen LogP contribution in [0.3, 0.4) is 0 Å². The third-order valence-electron chi connectivity index (χ3n) is 6.88. The predicted octanol–water partition coefficient (Wildman–Crippen LogP) is 6.18. The van der Waals surface area contributed by atoms with Gasteiger partial charge in [-0.15, -0.1) is 11.3 Å². The van der Waals surface area contributed by atoms with Crippen molar-refractivity contribution in [2.75, 3.05) is 25.2 Å². The Labute approximate surface area is 199 Å². The number of nitrogens with zero attached hydrogens (tertiary/aromatic N) is 2. The molecule has 0 radical (unpaired) electrons. The number of alkyl halides is 3. The molecule has 0 bridgehead atoms. The van der Waals surface area contributed by atoms with Crippen LogP contribution in [-0.2, 0) is 11.7 Å². The molecule has 1 saturated carbocycles. The van der Waals surface area contributed by atoms with E-state index >= 15 is 0 Å². The van der Waals surface area contributed by atoms with Crippen LogP contribution in [0.15, 0.2) is 48.7 Å². The highest BCUT2D eigenvalue weighted by atomic mass is 32.1. The molecule has 1 saturated heterocycles. The SMILES string of the molecule is FC(F)(F)c1ccccc1C(c1cnc(NC2(c3ccc4c(c3)OCO4)CC2)s1)N1CCCC1. The quantitative estimate of drug-likeness (QED) is 0.450. The molecule has 3 aromatic rings. The number of rotatable bonds is 6. The van der Waals surface area contributed by atoms with Gasteiger partial charge in [0.05, 0.1) is 17.1 Å². The molecule has 0 spiro atoms. The minimum atomic E-state index is -4.40. The molecule has 2 aliphatic heterocycles. The molecule has 5 nitrogen and oxygen atoms in total. The minimum Gasteiger partial charge on any atom is -0.454 e. The lowest BCUT2D eigenvalue weighted by atomic mass is 9.98. The number of nitrogens with one attached hydrogen (secondary N) is 1. The van der Waals surface area contributed by atoms with Crippen LogP contribution >= 0.6 is 11.3 Å². The Morgan fingerprint density at radius 3 is 2.56 bits per heavy atom. The largest absolute Gasteiger partial charge is 0.454 e. The van der Waals surface area contributed by atoms with Crippen molar-refractivity contribution in [2.45, 2.75) is 43.4 Å². The molecule has 1 N–H and O–H groups in total. The summed E-state index contributed by atoms with van der Waals surface area (Å²) in [5.74, 6) is 1.48. The summed E-state index contributed by atoms with van der Waals surface area (Å²) < 4.78 is 52.6. The Morgan fingerprint density at radius 2 is 1.79 bits per heavy atom. The number of ether oxygens (including phenoxy) is 2. The van der Waals surface area contributed by atoms with E-state index in [4.69, 9.17) is 9.47 Å². The van der Waals surface area contributed by atoms with Gasteiger partial charge in [-0.05, 0) is 68.1 Å². The Morgan fingerprint density at radius 1 is 1.03 bits per heavy atom. The van der Waals surface area contributed by atoms with E-state index in [9.17, 15) is 13.2 Å². The van der Waals surface area contributed by atoms with Crippen LogP contribution in [0, 0.1) is 0 Å². The number of benzene rings is 2. The summed E-state index contributed by atoms with van der Waals surface area (Å²) in [5, 5.41) is 4.29.